The van der Waals surface area contributed by atoms with Gasteiger partial charge in [-0.3, -0.25) is 4.79 Å². The predicted molar refractivity (Wildman–Crippen MR) is 80.7 cm³/mol. The summed E-state index contributed by atoms with van der Waals surface area (Å²) < 4.78 is 27.0. The zero-order valence-electron chi connectivity index (χ0n) is 12.3. The minimum Gasteiger partial charge on any atom is -0.294 e. The van der Waals surface area contributed by atoms with Gasteiger partial charge in [0.1, 0.15) is 0 Å². The smallest absolute Gasteiger partial charge is 0.243 e. The van der Waals surface area contributed by atoms with E-state index in [0.29, 0.717) is 17.0 Å². The Hall–Kier alpha value is -1.20. The number of nitrogens with zero attached hydrogens (tertiary/aromatic N) is 1. The van der Waals surface area contributed by atoms with Crippen LogP contribution in [0.3, 0.4) is 0 Å². The molecule has 114 valence electrons. The van der Waals surface area contributed by atoms with E-state index in [9.17, 15) is 13.2 Å². The van der Waals surface area contributed by atoms with Gasteiger partial charge in [-0.2, -0.15) is 4.31 Å². The van der Waals surface area contributed by atoms with Crippen molar-refractivity contribution < 1.29 is 13.2 Å². The second kappa shape index (κ2) is 5.54. The molecule has 0 bridgehead atoms. The van der Waals surface area contributed by atoms with Crippen LogP contribution in [0.15, 0.2) is 29.2 Å². The van der Waals surface area contributed by atoms with Gasteiger partial charge in [-0.25, -0.2) is 8.42 Å². The maximum Gasteiger partial charge on any atom is 0.243 e. The molecule has 0 amide bonds. The molecule has 1 saturated heterocycles. The normalized spacial score (nSPS) is 23.4. The van der Waals surface area contributed by atoms with Gasteiger partial charge in [0.2, 0.25) is 10.0 Å². The van der Waals surface area contributed by atoms with Crippen LogP contribution in [0.2, 0.25) is 0 Å². The van der Waals surface area contributed by atoms with E-state index in [-0.39, 0.29) is 17.7 Å². The van der Waals surface area contributed by atoms with Gasteiger partial charge in [0.05, 0.1) is 4.90 Å². The van der Waals surface area contributed by atoms with Crippen molar-refractivity contribution in [1.82, 2.24) is 4.31 Å². The molecule has 1 aromatic carbocycles. The number of sulfonamides is 1. The molecular formula is C16H21NO3S. The van der Waals surface area contributed by atoms with Gasteiger partial charge in [-0.15, -0.1) is 0 Å². The van der Waals surface area contributed by atoms with E-state index in [4.69, 9.17) is 0 Å². The molecule has 1 aliphatic heterocycles. The van der Waals surface area contributed by atoms with E-state index in [0.717, 1.165) is 32.1 Å². The highest BCUT2D eigenvalue weighted by atomic mass is 32.2. The van der Waals surface area contributed by atoms with E-state index < -0.39 is 10.0 Å². The Kier molecular flexibility index (Phi) is 3.88. The zero-order valence-corrected chi connectivity index (χ0v) is 13.1. The third kappa shape index (κ3) is 2.77. The fourth-order valence-corrected chi connectivity index (χ4v) is 4.81. The standard InChI is InChI=1S/C16H21NO3S/c1-2-14-4-3-11-17(14)21(19,20)15-9-7-13(8-10-15)16(18)12-5-6-12/h7-10,12,14H,2-6,11H2,1H3. The van der Waals surface area contributed by atoms with Crippen molar-refractivity contribution in [2.24, 2.45) is 5.92 Å². The third-order valence-electron chi connectivity index (χ3n) is 4.49. The Balaban J connectivity index is 1.83. The summed E-state index contributed by atoms with van der Waals surface area (Å²) in [4.78, 5) is 12.3. The fourth-order valence-electron chi connectivity index (χ4n) is 3.04. The molecule has 2 fully saturated rings. The largest absolute Gasteiger partial charge is 0.294 e. The topological polar surface area (TPSA) is 54.5 Å². The lowest BCUT2D eigenvalue weighted by molar-refractivity contribution is 0.0967. The number of hydrogen-bond acceptors (Lipinski definition) is 3. The molecule has 0 aromatic heterocycles. The van der Waals surface area contributed by atoms with Gasteiger partial charge in [-0.05, 0) is 44.2 Å². The highest BCUT2D eigenvalue weighted by Crippen LogP contribution is 2.33. The Morgan fingerprint density at radius 3 is 2.43 bits per heavy atom. The van der Waals surface area contributed by atoms with E-state index in [1.54, 1.807) is 28.6 Å². The second-order valence-electron chi connectivity index (χ2n) is 5.98. The Morgan fingerprint density at radius 2 is 1.86 bits per heavy atom. The van der Waals surface area contributed by atoms with Gasteiger partial charge in [0.15, 0.2) is 5.78 Å². The first-order valence-corrected chi connectivity index (χ1v) is 9.14. The monoisotopic (exact) mass is 307 g/mol. The average molecular weight is 307 g/mol. The molecule has 2 aliphatic rings. The van der Waals surface area contributed by atoms with Crippen molar-refractivity contribution >= 4 is 15.8 Å². The number of rotatable bonds is 5. The van der Waals surface area contributed by atoms with Crippen LogP contribution in [0.4, 0.5) is 0 Å². The summed E-state index contributed by atoms with van der Waals surface area (Å²) >= 11 is 0. The van der Waals surface area contributed by atoms with Crippen LogP contribution in [-0.4, -0.2) is 31.1 Å². The van der Waals surface area contributed by atoms with Crippen molar-refractivity contribution in [2.75, 3.05) is 6.54 Å². The number of carbonyl (C=O) groups excluding carboxylic acids is 1. The maximum atomic E-state index is 12.7. The van der Waals surface area contributed by atoms with E-state index in [2.05, 4.69) is 0 Å². The summed E-state index contributed by atoms with van der Waals surface area (Å²) in [7, 11) is -3.43. The maximum absolute atomic E-state index is 12.7. The molecule has 21 heavy (non-hydrogen) atoms. The van der Waals surface area contributed by atoms with Crippen LogP contribution in [-0.2, 0) is 10.0 Å². The molecule has 4 nitrogen and oxygen atoms in total. The summed E-state index contributed by atoms with van der Waals surface area (Å²) in [6.07, 6.45) is 4.64. The summed E-state index contributed by atoms with van der Waals surface area (Å²) in [6.45, 7) is 2.62. The van der Waals surface area contributed by atoms with Crippen molar-refractivity contribution in [3.8, 4) is 0 Å². The first-order chi connectivity index (χ1) is 10.0. The van der Waals surface area contributed by atoms with Gasteiger partial charge in [-0.1, -0.05) is 19.1 Å². The number of carbonyl (C=O) groups is 1. The average Bonchev–Trinajstić information content (AvgIpc) is 3.23. The Morgan fingerprint density at radius 1 is 1.19 bits per heavy atom. The third-order valence-corrected chi connectivity index (χ3v) is 6.45. The van der Waals surface area contributed by atoms with Crippen molar-refractivity contribution in [3.63, 3.8) is 0 Å². The SMILES string of the molecule is CCC1CCCN1S(=O)(=O)c1ccc(C(=O)C2CC2)cc1. The molecule has 0 spiro atoms. The molecule has 0 N–H and O–H groups in total. The lowest BCUT2D eigenvalue weighted by Gasteiger charge is -2.23. The van der Waals surface area contributed by atoms with Crippen LogP contribution in [0.5, 0.6) is 0 Å². The van der Waals surface area contributed by atoms with Crippen LogP contribution in [0.25, 0.3) is 0 Å². The second-order valence-corrected chi connectivity index (χ2v) is 7.87. The van der Waals surface area contributed by atoms with Crippen LogP contribution in [0.1, 0.15) is 49.4 Å². The van der Waals surface area contributed by atoms with Gasteiger partial charge in [0.25, 0.3) is 0 Å². The van der Waals surface area contributed by atoms with E-state index >= 15 is 0 Å². The van der Waals surface area contributed by atoms with Crippen molar-refractivity contribution in [3.05, 3.63) is 29.8 Å². The van der Waals surface area contributed by atoms with Crippen molar-refractivity contribution in [1.29, 1.82) is 0 Å². The van der Waals surface area contributed by atoms with Gasteiger partial charge in [0, 0.05) is 24.1 Å². The first kappa shape index (κ1) is 14.7. The molecule has 1 unspecified atom stereocenters. The number of benzene rings is 1. The highest BCUT2D eigenvalue weighted by molar-refractivity contribution is 7.89. The molecule has 1 heterocycles. The molecular weight excluding hydrogens is 286 g/mol. The van der Waals surface area contributed by atoms with Crippen molar-refractivity contribution in [2.45, 2.75) is 50.0 Å². The van der Waals surface area contributed by atoms with E-state index in [1.165, 1.54) is 0 Å². The first-order valence-electron chi connectivity index (χ1n) is 7.70. The molecule has 1 aromatic rings. The number of Topliss-reactive ketones (excluding diaryl/α,β-unsaturated/α-hetero) is 1. The Labute approximate surface area is 126 Å². The minimum atomic E-state index is -3.43. The summed E-state index contributed by atoms with van der Waals surface area (Å²) in [5.41, 5.74) is 0.630. The number of hydrogen-bond donors (Lipinski definition) is 0. The molecule has 1 atom stereocenters. The molecule has 3 rings (SSSR count). The summed E-state index contributed by atoms with van der Waals surface area (Å²) in [5.74, 6) is 0.307. The summed E-state index contributed by atoms with van der Waals surface area (Å²) in [6, 6.07) is 6.59. The predicted octanol–water partition coefficient (Wildman–Crippen LogP) is 2.84. The number of ketones is 1. The molecule has 1 aliphatic carbocycles. The Bertz CT molecular complexity index is 632. The van der Waals surface area contributed by atoms with Gasteiger partial charge < -0.3 is 0 Å². The summed E-state index contributed by atoms with van der Waals surface area (Å²) in [5, 5.41) is 0. The fraction of sp³-hybridized carbons (Fsp3) is 0.562. The molecule has 5 heteroatoms. The lowest BCUT2D eigenvalue weighted by atomic mass is 10.1. The lowest BCUT2D eigenvalue weighted by Crippen LogP contribution is -2.35. The van der Waals surface area contributed by atoms with Crippen LogP contribution >= 0.6 is 0 Å². The van der Waals surface area contributed by atoms with E-state index in [1.807, 2.05) is 6.92 Å². The van der Waals surface area contributed by atoms with Crippen LogP contribution < -0.4 is 0 Å². The molecule has 1 saturated carbocycles. The highest BCUT2D eigenvalue weighted by Gasteiger charge is 2.34. The zero-order chi connectivity index (χ0) is 15.0. The molecule has 0 radical (unpaired) electrons. The van der Waals surface area contributed by atoms with Gasteiger partial charge >= 0.3 is 0 Å². The van der Waals surface area contributed by atoms with Crippen LogP contribution in [0, 0.1) is 5.92 Å². The minimum absolute atomic E-state index is 0.114. The quantitative estimate of drug-likeness (QED) is 0.786.